The van der Waals surface area contributed by atoms with Gasteiger partial charge in [-0.15, -0.1) is 0 Å². The monoisotopic (exact) mass is 406 g/mol. The lowest BCUT2D eigenvalue weighted by atomic mass is 9.99. The average molecular weight is 406 g/mol. The van der Waals surface area contributed by atoms with Crippen LogP contribution in [0.3, 0.4) is 0 Å². The third-order valence-corrected chi connectivity index (χ3v) is 4.63. The quantitative estimate of drug-likeness (QED) is 0.393. The SMILES string of the molecule is O=C(O)C1OC(Oc2cc(O)cc(CCc3cccc(O)c3)c2)C(O)C(O)C1O. The maximum absolute atomic E-state index is 11.2. The van der Waals surface area contributed by atoms with E-state index >= 15 is 0 Å². The van der Waals surface area contributed by atoms with E-state index < -0.39 is 36.7 Å². The van der Waals surface area contributed by atoms with Gasteiger partial charge in [0.1, 0.15) is 35.6 Å². The van der Waals surface area contributed by atoms with Gasteiger partial charge in [0.25, 0.3) is 0 Å². The Morgan fingerprint density at radius 3 is 2.28 bits per heavy atom. The molecular formula is C20H22O9. The van der Waals surface area contributed by atoms with E-state index in [1.54, 1.807) is 24.3 Å². The average Bonchev–Trinajstić information content (AvgIpc) is 2.66. The number of ether oxygens (including phenoxy) is 2. The number of aliphatic hydroxyl groups excluding tert-OH is 3. The van der Waals surface area contributed by atoms with Crippen molar-refractivity contribution < 1.29 is 44.9 Å². The molecule has 0 spiro atoms. The van der Waals surface area contributed by atoms with Gasteiger partial charge >= 0.3 is 5.97 Å². The lowest BCUT2D eigenvalue weighted by Crippen LogP contribution is -2.61. The van der Waals surface area contributed by atoms with Crippen LogP contribution in [0, 0.1) is 0 Å². The Bertz CT molecular complexity index is 869. The molecule has 1 saturated heterocycles. The summed E-state index contributed by atoms with van der Waals surface area (Å²) in [5.41, 5.74) is 1.58. The Labute approximate surface area is 166 Å². The van der Waals surface area contributed by atoms with Crippen LogP contribution in [-0.2, 0) is 22.4 Å². The number of hydrogen-bond acceptors (Lipinski definition) is 8. The molecule has 2 aromatic rings. The normalized spacial score (nSPS) is 26.8. The highest BCUT2D eigenvalue weighted by molar-refractivity contribution is 5.73. The number of phenolic OH excluding ortho intramolecular Hbond substituents is 2. The molecular weight excluding hydrogens is 384 g/mol. The largest absolute Gasteiger partial charge is 0.508 e. The standard InChI is InChI=1S/C20H22O9/c21-12-3-1-2-10(6-12)4-5-11-7-13(22)9-14(8-11)28-20-17(25)15(23)16(24)18(29-20)19(26)27/h1-3,6-9,15-18,20-25H,4-5H2,(H,26,27). The maximum Gasteiger partial charge on any atom is 0.335 e. The van der Waals surface area contributed by atoms with Crippen LogP contribution in [0.5, 0.6) is 17.2 Å². The summed E-state index contributed by atoms with van der Waals surface area (Å²) in [7, 11) is 0. The van der Waals surface area contributed by atoms with Crippen molar-refractivity contribution in [1.82, 2.24) is 0 Å². The predicted molar refractivity (Wildman–Crippen MR) is 98.6 cm³/mol. The number of aliphatic hydroxyl groups is 3. The zero-order valence-electron chi connectivity index (χ0n) is 15.3. The number of aliphatic carboxylic acids is 1. The summed E-state index contributed by atoms with van der Waals surface area (Å²) in [4.78, 5) is 11.2. The molecule has 6 N–H and O–H groups in total. The Balaban J connectivity index is 1.73. The van der Waals surface area contributed by atoms with Crippen molar-refractivity contribution in [2.24, 2.45) is 0 Å². The Morgan fingerprint density at radius 2 is 1.59 bits per heavy atom. The van der Waals surface area contributed by atoms with E-state index in [0.717, 1.165) is 5.56 Å². The molecule has 5 unspecified atom stereocenters. The lowest BCUT2D eigenvalue weighted by molar-refractivity contribution is -0.271. The van der Waals surface area contributed by atoms with Gasteiger partial charge in [0.2, 0.25) is 6.29 Å². The Kier molecular flexibility index (Phi) is 6.23. The number of aromatic hydroxyl groups is 2. The van der Waals surface area contributed by atoms with Crippen molar-refractivity contribution in [2.75, 3.05) is 0 Å². The summed E-state index contributed by atoms with van der Waals surface area (Å²) in [5.74, 6) is -1.39. The van der Waals surface area contributed by atoms with E-state index in [1.807, 2.05) is 6.07 Å². The Hall–Kier alpha value is -2.85. The van der Waals surface area contributed by atoms with Crippen molar-refractivity contribution in [2.45, 2.75) is 43.5 Å². The van der Waals surface area contributed by atoms with Gasteiger partial charge in [0.05, 0.1) is 0 Å². The summed E-state index contributed by atoms with van der Waals surface area (Å²) in [5, 5.41) is 58.2. The second-order valence-corrected chi connectivity index (χ2v) is 6.86. The fraction of sp³-hybridized carbons (Fsp3) is 0.350. The molecule has 1 aliphatic heterocycles. The topological polar surface area (TPSA) is 157 Å². The van der Waals surface area contributed by atoms with E-state index in [2.05, 4.69) is 0 Å². The highest BCUT2D eigenvalue weighted by Crippen LogP contribution is 2.28. The molecule has 1 aliphatic rings. The molecule has 1 heterocycles. The zero-order chi connectivity index (χ0) is 21.1. The zero-order valence-corrected chi connectivity index (χ0v) is 15.3. The number of carbonyl (C=O) groups is 1. The minimum atomic E-state index is -1.82. The number of phenols is 2. The van der Waals surface area contributed by atoms with E-state index in [1.165, 1.54) is 12.1 Å². The van der Waals surface area contributed by atoms with E-state index in [0.29, 0.717) is 18.4 Å². The van der Waals surface area contributed by atoms with Crippen molar-refractivity contribution in [1.29, 1.82) is 0 Å². The van der Waals surface area contributed by atoms with Crippen LogP contribution >= 0.6 is 0 Å². The summed E-state index contributed by atoms with van der Waals surface area (Å²) in [6.07, 6.45) is -7.55. The van der Waals surface area contributed by atoms with Gasteiger partial charge < -0.3 is 40.1 Å². The molecule has 1 fully saturated rings. The molecule has 0 aromatic heterocycles. The first-order chi connectivity index (χ1) is 13.7. The number of benzene rings is 2. The lowest BCUT2D eigenvalue weighted by Gasteiger charge is -2.38. The first-order valence-corrected chi connectivity index (χ1v) is 8.94. The van der Waals surface area contributed by atoms with Crippen molar-refractivity contribution in [3.63, 3.8) is 0 Å². The van der Waals surface area contributed by atoms with Crippen LogP contribution in [0.4, 0.5) is 0 Å². The third kappa shape index (κ3) is 4.96. The number of rotatable bonds is 6. The second-order valence-electron chi connectivity index (χ2n) is 6.86. The molecule has 0 amide bonds. The van der Waals surface area contributed by atoms with Crippen LogP contribution < -0.4 is 4.74 Å². The highest BCUT2D eigenvalue weighted by atomic mass is 16.7. The first kappa shape index (κ1) is 20.9. The van der Waals surface area contributed by atoms with Gasteiger partial charge in [-0.1, -0.05) is 12.1 Å². The molecule has 9 nitrogen and oxygen atoms in total. The van der Waals surface area contributed by atoms with Gasteiger partial charge in [-0.05, 0) is 48.2 Å². The summed E-state index contributed by atoms with van der Waals surface area (Å²) >= 11 is 0. The molecule has 0 saturated carbocycles. The van der Waals surface area contributed by atoms with Crippen molar-refractivity contribution in [3.8, 4) is 17.2 Å². The molecule has 156 valence electrons. The first-order valence-electron chi connectivity index (χ1n) is 8.94. The molecule has 5 atom stereocenters. The summed E-state index contributed by atoms with van der Waals surface area (Å²) < 4.78 is 10.5. The number of carboxylic acids is 1. The fourth-order valence-corrected chi connectivity index (χ4v) is 3.14. The van der Waals surface area contributed by atoms with Crippen LogP contribution in [-0.4, -0.2) is 67.3 Å². The molecule has 0 aliphatic carbocycles. The fourth-order valence-electron chi connectivity index (χ4n) is 3.14. The summed E-state index contributed by atoms with van der Waals surface area (Å²) in [6, 6.07) is 11.1. The van der Waals surface area contributed by atoms with Gasteiger partial charge in [0.15, 0.2) is 6.10 Å². The third-order valence-electron chi connectivity index (χ3n) is 4.63. The van der Waals surface area contributed by atoms with Crippen LogP contribution in [0.25, 0.3) is 0 Å². The van der Waals surface area contributed by atoms with E-state index in [9.17, 15) is 30.3 Å². The highest BCUT2D eigenvalue weighted by Gasteiger charge is 2.48. The van der Waals surface area contributed by atoms with Crippen LogP contribution in [0.2, 0.25) is 0 Å². The van der Waals surface area contributed by atoms with E-state index in [4.69, 9.17) is 14.6 Å². The van der Waals surface area contributed by atoms with Gasteiger partial charge in [-0.2, -0.15) is 0 Å². The minimum Gasteiger partial charge on any atom is -0.508 e. The number of hydrogen-bond donors (Lipinski definition) is 6. The molecule has 0 radical (unpaired) electrons. The van der Waals surface area contributed by atoms with Gasteiger partial charge in [-0.25, -0.2) is 4.79 Å². The molecule has 29 heavy (non-hydrogen) atoms. The van der Waals surface area contributed by atoms with Crippen LogP contribution in [0.15, 0.2) is 42.5 Å². The van der Waals surface area contributed by atoms with Crippen molar-refractivity contribution in [3.05, 3.63) is 53.6 Å². The second kappa shape index (κ2) is 8.66. The minimum absolute atomic E-state index is 0.0905. The molecule has 9 heteroatoms. The smallest absolute Gasteiger partial charge is 0.335 e. The van der Waals surface area contributed by atoms with Gasteiger partial charge in [0, 0.05) is 6.07 Å². The van der Waals surface area contributed by atoms with Crippen molar-refractivity contribution >= 4 is 5.97 Å². The molecule has 2 aromatic carbocycles. The van der Waals surface area contributed by atoms with E-state index in [-0.39, 0.29) is 17.2 Å². The molecule has 3 rings (SSSR count). The number of aryl methyl sites for hydroxylation is 2. The number of carboxylic acid groups (broad SMARTS) is 1. The summed E-state index contributed by atoms with van der Waals surface area (Å²) in [6.45, 7) is 0. The maximum atomic E-state index is 11.2. The van der Waals surface area contributed by atoms with Gasteiger partial charge in [-0.3, -0.25) is 0 Å². The molecule has 0 bridgehead atoms. The Morgan fingerprint density at radius 1 is 0.897 bits per heavy atom. The van der Waals surface area contributed by atoms with Crippen LogP contribution in [0.1, 0.15) is 11.1 Å². The predicted octanol–water partition coefficient (Wildman–Crippen LogP) is 0.154.